The van der Waals surface area contributed by atoms with Gasteiger partial charge in [-0.2, -0.15) is 9.57 Å². The van der Waals surface area contributed by atoms with Crippen molar-refractivity contribution in [3.05, 3.63) is 28.2 Å². The summed E-state index contributed by atoms with van der Waals surface area (Å²) in [6.45, 7) is 4.29. The van der Waals surface area contributed by atoms with Gasteiger partial charge in [-0.1, -0.05) is 37.0 Å². The smallest absolute Gasteiger partial charge is 0.207 e. The molecule has 0 heterocycles. The maximum atomic E-state index is 12.6. The zero-order valence-corrected chi connectivity index (χ0v) is 13.6. The molecule has 0 amide bonds. The highest BCUT2D eigenvalue weighted by Gasteiger charge is 2.27. The number of hydrogen-bond acceptors (Lipinski definition) is 3. The molecule has 110 valence electrons. The largest absolute Gasteiger partial charge is 0.244 e. The van der Waals surface area contributed by atoms with Crippen LogP contribution < -0.4 is 0 Å². The van der Waals surface area contributed by atoms with E-state index in [0.717, 1.165) is 0 Å². The van der Waals surface area contributed by atoms with E-state index in [1.807, 2.05) is 19.9 Å². The molecule has 1 aromatic rings. The third-order valence-corrected chi connectivity index (χ3v) is 5.13. The van der Waals surface area contributed by atoms with Gasteiger partial charge in [-0.15, -0.1) is 0 Å². The molecule has 1 aromatic carbocycles. The van der Waals surface area contributed by atoms with Gasteiger partial charge < -0.3 is 0 Å². The Hall–Kier alpha value is -0.800. The average molecular weight is 335 g/mol. The van der Waals surface area contributed by atoms with Gasteiger partial charge in [0.15, 0.2) is 0 Å². The number of benzene rings is 1. The number of rotatable bonds is 6. The van der Waals surface area contributed by atoms with Crippen LogP contribution in [0.4, 0.5) is 0 Å². The fourth-order valence-electron chi connectivity index (χ4n) is 1.71. The number of nitriles is 1. The lowest BCUT2D eigenvalue weighted by Gasteiger charge is -2.23. The fourth-order valence-corrected chi connectivity index (χ4v) is 4.05. The normalized spacial score (nSPS) is 11.8. The highest BCUT2D eigenvalue weighted by molar-refractivity contribution is 7.89. The second-order valence-corrected chi connectivity index (χ2v) is 7.49. The van der Waals surface area contributed by atoms with E-state index in [1.54, 1.807) is 0 Å². The van der Waals surface area contributed by atoms with Gasteiger partial charge in [0.25, 0.3) is 0 Å². The van der Waals surface area contributed by atoms with Gasteiger partial charge >= 0.3 is 0 Å². The van der Waals surface area contributed by atoms with Gasteiger partial charge in [-0.3, -0.25) is 0 Å². The molecule has 4 nitrogen and oxygen atoms in total. The Morgan fingerprint density at radius 1 is 1.35 bits per heavy atom. The summed E-state index contributed by atoms with van der Waals surface area (Å²) >= 11 is 11.8. The summed E-state index contributed by atoms with van der Waals surface area (Å²) in [6.07, 6.45) is 0.129. The zero-order chi connectivity index (χ0) is 15.3. The predicted molar refractivity (Wildman–Crippen MR) is 80.3 cm³/mol. The minimum Gasteiger partial charge on any atom is -0.207 e. The van der Waals surface area contributed by atoms with Crippen LogP contribution in [0.2, 0.25) is 10.0 Å². The van der Waals surface area contributed by atoms with Gasteiger partial charge in [0, 0.05) is 24.5 Å². The van der Waals surface area contributed by atoms with Crippen LogP contribution in [0, 0.1) is 17.2 Å². The van der Waals surface area contributed by atoms with E-state index in [-0.39, 0.29) is 28.8 Å². The molecular formula is C13H16Cl2N2O2S. The second-order valence-electron chi connectivity index (χ2n) is 4.74. The molecule has 0 atom stereocenters. The standard InChI is InChI=1S/C13H16Cl2N2O2S/c1-10(2)9-17(7-3-6-16)20(18,19)13-8-11(14)4-5-12(13)15/h4-5,8,10H,3,7,9H2,1-2H3. The molecule has 0 bridgehead atoms. The van der Waals surface area contributed by atoms with E-state index in [2.05, 4.69) is 0 Å². The number of halogens is 2. The van der Waals surface area contributed by atoms with Crippen molar-refractivity contribution in [2.75, 3.05) is 13.1 Å². The molecule has 0 unspecified atom stereocenters. The second kappa shape index (κ2) is 7.28. The van der Waals surface area contributed by atoms with Gasteiger partial charge in [-0.05, 0) is 24.1 Å². The minimum atomic E-state index is -3.76. The first-order valence-corrected chi connectivity index (χ1v) is 8.30. The third-order valence-electron chi connectivity index (χ3n) is 2.55. The van der Waals surface area contributed by atoms with Crippen molar-refractivity contribution >= 4 is 33.2 Å². The first-order valence-electron chi connectivity index (χ1n) is 6.11. The van der Waals surface area contributed by atoms with Crippen LogP contribution >= 0.6 is 23.2 Å². The Morgan fingerprint density at radius 3 is 2.55 bits per heavy atom. The van der Waals surface area contributed by atoms with Crippen LogP contribution in [0.25, 0.3) is 0 Å². The maximum absolute atomic E-state index is 12.6. The summed E-state index contributed by atoms with van der Waals surface area (Å²) in [7, 11) is -3.76. The van der Waals surface area contributed by atoms with Gasteiger partial charge in [-0.25, -0.2) is 8.42 Å². The lowest BCUT2D eigenvalue weighted by molar-refractivity contribution is 0.373. The number of sulfonamides is 1. The molecule has 0 fully saturated rings. The molecule has 0 N–H and O–H groups in total. The summed E-state index contributed by atoms with van der Waals surface area (Å²) in [5.41, 5.74) is 0. The first kappa shape index (κ1) is 17.3. The van der Waals surface area contributed by atoms with Crippen molar-refractivity contribution in [2.45, 2.75) is 25.2 Å². The summed E-state index contributed by atoms with van der Waals surface area (Å²) in [6, 6.07) is 6.27. The molecule has 20 heavy (non-hydrogen) atoms. The van der Waals surface area contributed by atoms with Crippen LogP contribution in [-0.2, 0) is 10.0 Å². The van der Waals surface area contributed by atoms with Crippen LogP contribution in [0.15, 0.2) is 23.1 Å². The fraction of sp³-hybridized carbons (Fsp3) is 0.462. The Bertz CT molecular complexity index is 609. The van der Waals surface area contributed by atoms with E-state index < -0.39 is 10.0 Å². The lowest BCUT2D eigenvalue weighted by Crippen LogP contribution is -2.35. The Morgan fingerprint density at radius 2 is 2.00 bits per heavy atom. The molecule has 0 aliphatic rings. The number of nitrogens with zero attached hydrogens (tertiary/aromatic N) is 2. The van der Waals surface area contributed by atoms with Gasteiger partial charge in [0.2, 0.25) is 10.0 Å². The molecule has 0 saturated heterocycles. The Kier molecular flexibility index (Phi) is 6.28. The SMILES string of the molecule is CC(C)CN(CCC#N)S(=O)(=O)c1cc(Cl)ccc1Cl. The highest BCUT2D eigenvalue weighted by atomic mass is 35.5. The van der Waals surface area contributed by atoms with E-state index in [4.69, 9.17) is 28.5 Å². The van der Waals surface area contributed by atoms with Crippen LogP contribution in [-0.4, -0.2) is 25.8 Å². The molecule has 0 aliphatic carbocycles. The first-order chi connectivity index (χ1) is 9.28. The minimum absolute atomic E-state index is 0.0229. The molecule has 0 spiro atoms. The highest BCUT2D eigenvalue weighted by Crippen LogP contribution is 2.28. The molecule has 0 aromatic heterocycles. The van der Waals surface area contributed by atoms with Crippen molar-refractivity contribution in [3.63, 3.8) is 0 Å². The van der Waals surface area contributed by atoms with Gasteiger partial charge in [0.1, 0.15) is 4.90 Å². The van der Waals surface area contributed by atoms with E-state index in [1.165, 1.54) is 22.5 Å². The van der Waals surface area contributed by atoms with Crippen molar-refractivity contribution in [1.29, 1.82) is 5.26 Å². The quantitative estimate of drug-likeness (QED) is 0.799. The number of hydrogen-bond donors (Lipinski definition) is 0. The summed E-state index contributed by atoms with van der Waals surface area (Å²) in [5.74, 6) is 0.140. The third kappa shape index (κ3) is 4.35. The molecular weight excluding hydrogens is 319 g/mol. The predicted octanol–water partition coefficient (Wildman–Crippen LogP) is 3.55. The van der Waals surface area contributed by atoms with E-state index >= 15 is 0 Å². The molecule has 0 aliphatic heterocycles. The molecule has 0 saturated carbocycles. The van der Waals surface area contributed by atoms with Crippen LogP contribution in [0.5, 0.6) is 0 Å². The molecule has 7 heteroatoms. The van der Waals surface area contributed by atoms with Crippen molar-refractivity contribution in [3.8, 4) is 6.07 Å². The van der Waals surface area contributed by atoms with Gasteiger partial charge in [0.05, 0.1) is 11.1 Å². The van der Waals surface area contributed by atoms with E-state index in [0.29, 0.717) is 11.6 Å². The van der Waals surface area contributed by atoms with Crippen LogP contribution in [0.1, 0.15) is 20.3 Å². The maximum Gasteiger partial charge on any atom is 0.244 e. The van der Waals surface area contributed by atoms with E-state index in [9.17, 15) is 8.42 Å². The van der Waals surface area contributed by atoms with Crippen molar-refractivity contribution in [1.82, 2.24) is 4.31 Å². The average Bonchev–Trinajstić information content (AvgIpc) is 2.36. The summed E-state index contributed by atoms with van der Waals surface area (Å²) in [4.78, 5) is -0.0229. The molecule has 0 radical (unpaired) electrons. The Labute approximate surface area is 130 Å². The lowest BCUT2D eigenvalue weighted by atomic mass is 10.2. The summed E-state index contributed by atoms with van der Waals surface area (Å²) in [5, 5.41) is 9.09. The monoisotopic (exact) mass is 334 g/mol. The molecule has 1 rings (SSSR count). The zero-order valence-electron chi connectivity index (χ0n) is 11.3. The van der Waals surface area contributed by atoms with Crippen molar-refractivity contribution < 1.29 is 8.42 Å². The van der Waals surface area contributed by atoms with Crippen molar-refractivity contribution in [2.24, 2.45) is 5.92 Å². The van der Waals surface area contributed by atoms with Crippen LogP contribution in [0.3, 0.4) is 0 Å². The topological polar surface area (TPSA) is 61.2 Å². The Balaban J connectivity index is 3.21. The summed E-state index contributed by atoms with van der Waals surface area (Å²) < 4.78 is 26.5.